The van der Waals surface area contributed by atoms with Crippen molar-refractivity contribution in [2.24, 2.45) is 10.9 Å². The second kappa shape index (κ2) is 11.7. The van der Waals surface area contributed by atoms with Crippen LogP contribution in [0.4, 0.5) is 11.4 Å². The molecule has 0 fully saturated rings. The third-order valence-corrected chi connectivity index (χ3v) is 8.69. The lowest BCUT2D eigenvalue weighted by molar-refractivity contribution is 0.282. The Labute approximate surface area is 254 Å². The molecule has 2 aliphatic rings. The number of rotatable bonds is 7. The number of nitrogens with zero attached hydrogens (tertiary/aromatic N) is 1. The smallest absolute Gasteiger partial charge is 0.174 e. The van der Waals surface area contributed by atoms with Crippen molar-refractivity contribution < 1.29 is 9.47 Å². The molecule has 4 aromatic carbocycles. The molecule has 0 saturated heterocycles. The van der Waals surface area contributed by atoms with Gasteiger partial charge in [-0.15, -0.1) is 0 Å². The molecule has 1 aliphatic carbocycles. The third kappa shape index (κ3) is 5.63. The summed E-state index contributed by atoms with van der Waals surface area (Å²) in [5, 5.41) is 4.52. The van der Waals surface area contributed by atoms with Gasteiger partial charge < -0.3 is 14.8 Å². The second-order valence-corrected chi connectivity index (χ2v) is 12.0. The van der Waals surface area contributed by atoms with Crippen molar-refractivity contribution in [1.82, 2.24) is 0 Å². The fourth-order valence-electron chi connectivity index (χ4n) is 5.70. The number of halogens is 2. The van der Waals surface area contributed by atoms with Crippen molar-refractivity contribution in [3.8, 4) is 11.5 Å². The number of hydrogen-bond acceptors (Lipinski definition) is 4. The van der Waals surface area contributed by atoms with Gasteiger partial charge in [0.1, 0.15) is 6.61 Å². The average molecular weight is 661 g/mol. The van der Waals surface area contributed by atoms with E-state index in [-0.39, 0.29) is 6.04 Å². The summed E-state index contributed by atoms with van der Waals surface area (Å²) >= 11 is 8.39. The van der Waals surface area contributed by atoms with Gasteiger partial charge in [-0.2, -0.15) is 0 Å². The Morgan fingerprint density at radius 1 is 1.05 bits per heavy atom. The van der Waals surface area contributed by atoms with E-state index in [1.54, 1.807) is 7.11 Å². The van der Waals surface area contributed by atoms with Crippen LogP contribution in [0, 0.1) is 16.4 Å². The van der Waals surface area contributed by atoms with Gasteiger partial charge in [-0.05, 0) is 107 Å². The van der Waals surface area contributed by atoms with E-state index >= 15 is 0 Å². The Kier molecular flexibility index (Phi) is 7.85. The van der Waals surface area contributed by atoms with Crippen molar-refractivity contribution in [3.05, 3.63) is 127 Å². The molecule has 0 aromatic heterocycles. The summed E-state index contributed by atoms with van der Waals surface area (Å²) in [6.45, 7) is 2.58. The molecule has 4 aromatic rings. The number of aliphatic imine (C=N–C) groups is 1. The first kappa shape index (κ1) is 26.9. The van der Waals surface area contributed by atoms with E-state index in [1.165, 1.54) is 22.4 Å². The van der Waals surface area contributed by atoms with Crippen LogP contribution < -0.4 is 14.8 Å². The maximum atomic E-state index is 6.11. The molecule has 4 nitrogen and oxygen atoms in total. The van der Waals surface area contributed by atoms with Gasteiger partial charge >= 0.3 is 0 Å². The van der Waals surface area contributed by atoms with E-state index in [1.807, 2.05) is 42.6 Å². The number of benzene rings is 4. The molecule has 3 atom stereocenters. The molecule has 0 bridgehead atoms. The zero-order valence-corrected chi connectivity index (χ0v) is 25.3. The fourth-order valence-corrected chi connectivity index (χ4v) is 6.69. The lowest BCUT2D eigenvalue weighted by atomic mass is 9.76. The fraction of sp³-hybridized carbons (Fsp3) is 0.206. The maximum absolute atomic E-state index is 6.11. The van der Waals surface area contributed by atoms with Crippen LogP contribution in [-0.2, 0) is 6.61 Å². The third-order valence-electron chi connectivity index (χ3n) is 7.66. The summed E-state index contributed by atoms with van der Waals surface area (Å²) in [4.78, 5) is 4.75. The molecule has 6 rings (SSSR count). The molecule has 0 radical (unpaired) electrons. The number of anilines is 1. The van der Waals surface area contributed by atoms with Crippen LogP contribution in [0.1, 0.15) is 46.2 Å². The van der Waals surface area contributed by atoms with Crippen LogP contribution in [0.3, 0.4) is 0 Å². The van der Waals surface area contributed by atoms with E-state index in [9.17, 15) is 0 Å². The van der Waals surface area contributed by atoms with Crippen molar-refractivity contribution in [2.45, 2.75) is 31.9 Å². The van der Waals surface area contributed by atoms with Gasteiger partial charge in [-0.3, -0.25) is 4.99 Å². The van der Waals surface area contributed by atoms with Crippen LogP contribution in [0.15, 0.2) is 96.0 Å². The minimum Gasteiger partial charge on any atom is -0.493 e. The zero-order valence-electron chi connectivity index (χ0n) is 22.4. The standard InChI is InChI=1S/C34H30ClIN2O2/c1-21-9-14-31-29(15-21)27-7-4-8-28(27)33(38-31)24-10-12-26(13-11-24)37-19-23-17-30(36)34(32(18-23)39-2)40-20-22-5-3-6-25(35)16-22/h3-7,9-19,27-28,33,38H,8,20H2,1-2H3/t27-,28+,33+/m1/s1. The van der Waals surface area contributed by atoms with Crippen LogP contribution in [0.2, 0.25) is 5.02 Å². The highest BCUT2D eigenvalue weighted by Gasteiger charge is 2.37. The van der Waals surface area contributed by atoms with Crippen LogP contribution in [0.5, 0.6) is 11.5 Å². The van der Waals surface area contributed by atoms with Gasteiger partial charge in [-0.25, -0.2) is 0 Å². The van der Waals surface area contributed by atoms with E-state index < -0.39 is 0 Å². The van der Waals surface area contributed by atoms with Crippen LogP contribution >= 0.6 is 34.2 Å². The minimum atomic E-state index is 0.276. The van der Waals surface area contributed by atoms with Crippen LogP contribution in [-0.4, -0.2) is 13.3 Å². The Bertz CT molecular complexity index is 1600. The Balaban J connectivity index is 1.17. The number of aryl methyl sites for hydroxylation is 1. The predicted molar refractivity (Wildman–Crippen MR) is 173 cm³/mol. The summed E-state index contributed by atoms with van der Waals surface area (Å²) < 4.78 is 12.7. The van der Waals surface area contributed by atoms with Crippen molar-refractivity contribution in [1.29, 1.82) is 0 Å². The van der Waals surface area contributed by atoms with Crippen molar-refractivity contribution >= 4 is 51.8 Å². The van der Waals surface area contributed by atoms with Gasteiger partial charge in [0.2, 0.25) is 0 Å². The number of methoxy groups -OCH3 is 1. The summed E-state index contributed by atoms with van der Waals surface area (Å²) in [5.74, 6) is 2.37. The topological polar surface area (TPSA) is 42.8 Å². The van der Waals surface area contributed by atoms with Gasteiger partial charge in [-0.1, -0.05) is 65.7 Å². The molecule has 0 saturated carbocycles. The minimum absolute atomic E-state index is 0.276. The molecule has 6 heteroatoms. The Morgan fingerprint density at radius 2 is 1.90 bits per heavy atom. The van der Waals surface area contributed by atoms with Gasteiger partial charge in [0.05, 0.1) is 22.4 Å². The second-order valence-electron chi connectivity index (χ2n) is 10.4. The summed E-state index contributed by atoms with van der Waals surface area (Å²) in [6.07, 6.45) is 7.69. The summed E-state index contributed by atoms with van der Waals surface area (Å²) in [6, 6.07) is 27.3. The zero-order chi connectivity index (χ0) is 27.6. The van der Waals surface area contributed by atoms with Gasteiger partial charge in [0.25, 0.3) is 0 Å². The van der Waals surface area contributed by atoms with E-state index in [0.717, 1.165) is 26.8 Å². The number of nitrogens with one attached hydrogen (secondary N) is 1. The summed E-state index contributed by atoms with van der Waals surface area (Å²) in [5.41, 5.74) is 8.12. The maximum Gasteiger partial charge on any atom is 0.174 e. The van der Waals surface area contributed by atoms with Gasteiger partial charge in [0, 0.05) is 22.8 Å². The highest BCUT2D eigenvalue weighted by atomic mass is 127. The quantitative estimate of drug-likeness (QED) is 0.122. The monoisotopic (exact) mass is 660 g/mol. The first-order valence-electron chi connectivity index (χ1n) is 13.4. The number of hydrogen-bond donors (Lipinski definition) is 1. The number of allylic oxidation sites excluding steroid dienone is 2. The molecular formula is C34H30ClIN2O2. The van der Waals surface area contributed by atoms with Crippen molar-refractivity contribution in [3.63, 3.8) is 0 Å². The first-order chi connectivity index (χ1) is 19.5. The van der Waals surface area contributed by atoms with E-state index in [0.29, 0.717) is 35.0 Å². The average Bonchev–Trinajstić information content (AvgIpc) is 3.46. The Morgan fingerprint density at radius 3 is 2.70 bits per heavy atom. The van der Waals surface area contributed by atoms with Crippen molar-refractivity contribution in [2.75, 3.05) is 12.4 Å². The molecule has 0 amide bonds. The lowest BCUT2D eigenvalue weighted by Gasteiger charge is -2.37. The number of fused-ring (bicyclic) bond motifs is 3. The first-order valence-corrected chi connectivity index (χ1v) is 14.9. The van der Waals surface area contributed by atoms with Gasteiger partial charge in [0.15, 0.2) is 11.5 Å². The van der Waals surface area contributed by atoms with E-state index in [4.69, 9.17) is 26.1 Å². The Hall–Kier alpha value is -3.29. The molecule has 202 valence electrons. The highest BCUT2D eigenvalue weighted by molar-refractivity contribution is 14.1. The lowest BCUT2D eigenvalue weighted by Crippen LogP contribution is -2.29. The number of ether oxygens (including phenoxy) is 2. The SMILES string of the molecule is COc1cc(C=Nc2ccc([C@@H]3Nc4ccc(C)cc4[C@@H]4C=CC[C@@H]43)cc2)cc(I)c1OCc1cccc(Cl)c1. The molecule has 1 aliphatic heterocycles. The molecule has 40 heavy (non-hydrogen) atoms. The molecule has 0 spiro atoms. The summed E-state index contributed by atoms with van der Waals surface area (Å²) in [7, 11) is 1.65. The predicted octanol–water partition coefficient (Wildman–Crippen LogP) is 9.42. The molecule has 0 unspecified atom stereocenters. The molecule has 1 heterocycles. The molecule has 1 N–H and O–H groups in total. The normalized spacial score (nSPS) is 19.2. The largest absolute Gasteiger partial charge is 0.493 e. The van der Waals surface area contributed by atoms with E-state index in [2.05, 4.69) is 89.4 Å². The highest BCUT2D eigenvalue weighted by Crippen LogP contribution is 2.50. The van der Waals surface area contributed by atoms with Crippen LogP contribution in [0.25, 0.3) is 0 Å². The molecular weight excluding hydrogens is 631 g/mol.